The fourth-order valence-electron chi connectivity index (χ4n) is 2.18. The second-order valence-electron chi connectivity index (χ2n) is 4.30. The molecule has 0 radical (unpaired) electrons. The fourth-order valence-corrected chi connectivity index (χ4v) is 2.18. The molecule has 0 aliphatic carbocycles. The molecule has 5 heteroatoms. The van der Waals surface area contributed by atoms with Crippen LogP contribution in [0.25, 0.3) is 5.69 Å². The fraction of sp³-hybridized carbons (Fsp3) is 0.357. The van der Waals surface area contributed by atoms with Crippen molar-refractivity contribution >= 4 is 0 Å². The number of hydrogen-bond acceptors (Lipinski definition) is 4. The van der Waals surface area contributed by atoms with Gasteiger partial charge in [0.1, 0.15) is 0 Å². The molecule has 0 spiro atoms. The first-order valence-electron chi connectivity index (χ1n) is 6.10. The predicted octanol–water partition coefficient (Wildman–Crippen LogP) is 1.97. The van der Waals surface area contributed by atoms with Gasteiger partial charge in [-0.15, -0.1) is 0 Å². The van der Waals surface area contributed by atoms with Gasteiger partial charge in [-0.25, -0.2) is 4.68 Å². The second-order valence-corrected chi connectivity index (χ2v) is 4.30. The molecular weight excluding hydrogens is 242 g/mol. The summed E-state index contributed by atoms with van der Waals surface area (Å²) >= 11 is 0. The molecular formula is C14H19N3O2. The average Bonchev–Trinajstić information content (AvgIpc) is 2.72. The van der Waals surface area contributed by atoms with Crippen LogP contribution in [0, 0.1) is 13.8 Å². The van der Waals surface area contributed by atoms with Gasteiger partial charge in [0.15, 0.2) is 11.5 Å². The summed E-state index contributed by atoms with van der Waals surface area (Å²) in [5, 5.41) is 4.52. The van der Waals surface area contributed by atoms with Crippen LogP contribution in [-0.4, -0.2) is 24.0 Å². The van der Waals surface area contributed by atoms with Crippen molar-refractivity contribution in [3.8, 4) is 17.2 Å². The van der Waals surface area contributed by atoms with Crippen LogP contribution in [0.5, 0.6) is 11.5 Å². The number of aryl methyl sites for hydroxylation is 1. The lowest BCUT2D eigenvalue weighted by atomic mass is 10.2. The molecule has 0 unspecified atom stereocenters. The molecule has 0 atom stereocenters. The number of ether oxygens (including phenoxy) is 2. The van der Waals surface area contributed by atoms with Crippen molar-refractivity contribution in [1.29, 1.82) is 0 Å². The molecule has 0 saturated heterocycles. The van der Waals surface area contributed by atoms with E-state index in [9.17, 15) is 0 Å². The Morgan fingerprint density at radius 2 is 1.84 bits per heavy atom. The molecule has 2 N–H and O–H groups in total. The van der Waals surface area contributed by atoms with E-state index in [2.05, 4.69) is 5.10 Å². The van der Waals surface area contributed by atoms with Crippen molar-refractivity contribution in [2.24, 2.45) is 5.73 Å². The minimum Gasteiger partial charge on any atom is -0.493 e. The van der Waals surface area contributed by atoms with Crippen molar-refractivity contribution in [1.82, 2.24) is 9.78 Å². The summed E-state index contributed by atoms with van der Waals surface area (Å²) in [6.45, 7) is 4.47. The minimum absolute atomic E-state index is 0.491. The van der Waals surface area contributed by atoms with Crippen molar-refractivity contribution in [3.05, 3.63) is 35.2 Å². The Hall–Kier alpha value is -2.01. The molecule has 1 heterocycles. The van der Waals surface area contributed by atoms with E-state index in [-0.39, 0.29) is 0 Å². The summed E-state index contributed by atoms with van der Waals surface area (Å²) in [6.07, 6.45) is 0. The zero-order chi connectivity index (χ0) is 14.0. The molecule has 1 aromatic heterocycles. The largest absolute Gasteiger partial charge is 0.493 e. The normalized spacial score (nSPS) is 10.6. The van der Waals surface area contributed by atoms with Gasteiger partial charge >= 0.3 is 0 Å². The molecule has 2 rings (SSSR count). The van der Waals surface area contributed by atoms with Crippen LogP contribution in [0.2, 0.25) is 0 Å². The zero-order valence-corrected chi connectivity index (χ0v) is 11.7. The lowest BCUT2D eigenvalue weighted by Crippen LogP contribution is -2.02. The van der Waals surface area contributed by atoms with Gasteiger partial charge in [-0.2, -0.15) is 5.10 Å². The van der Waals surface area contributed by atoms with Crippen LogP contribution >= 0.6 is 0 Å². The molecule has 19 heavy (non-hydrogen) atoms. The molecule has 0 fully saturated rings. The molecule has 5 nitrogen and oxygen atoms in total. The molecule has 102 valence electrons. The zero-order valence-electron chi connectivity index (χ0n) is 11.7. The topological polar surface area (TPSA) is 62.3 Å². The highest BCUT2D eigenvalue weighted by Crippen LogP contribution is 2.30. The van der Waals surface area contributed by atoms with Gasteiger partial charge in [-0.05, 0) is 26.0 Å². The van der Waals surface area contributed by atoms with E-state index in [4.69, 9.17) is 15.2 Å². The van der Waals surface area contributed by atoms with Crippen LogP contribution < -0.4 is 15.2 Å². The number of benzene rings is 1. The van der Waals surface area contributed by atoms with E-state index in [0.717, 1.165) is 22.6 Å². The SMILES string of the molecule is COc1ccc(-n2nc(C)c(CN)c2C)cc1OC. The summed E-state index contributed by atoms with van der Waals surface area (Å²) < 4.78 is 12.4. The molecule has 0 saturated carbocycles. The van der Waals surface area contributed by atoms with Crippen LogP contribution in [-0.2, 0) is 6.54 Å². The van der Waals surface area contributed by atoms with Gasteiger partial charge in [0.25, 0.3) is 0 Å². The Morgan fingerprint density at radius 3 is 2.37 bits per heavy atom. The van der Waals surface area contributed by atoms with Crippen LogP contribution in [0.15, 0.2) is 18.2 Å². The summed E-state index contributed by atoms with van der Waals surface area (Å²) in [7, 11) is 3.24. The number of nitrogens with two attached hydrogens (primary N) is 1. The third-order valence-electron chi connectivity index (χ3n) is 3.26. The van der Waals surface area contributed by atoms with Gasteiger partial charge in [0.2, 0.25) is 0 Å². The number of nitrogens with zero attached hydrogens (tertiary/aromatic N) is 2. The highest BCUT2D eigenvalue weighted by molar-refractivity contribution is 5.49. The van der Waals surface area contributed by atoms with E-state index in [0.29, 0.717) is 18.0 Å². The molecule has 0 aliphatic rings. The summed E-state index contributed by atoms with van der Waals surface area (Å²) in [4.78, 5) is 0. The highest BCUT2D eigenvalue weighted by atomic mass is 16.5. The number of rotatable bonds is 4. The Labute approximate surface area is 112 Å². The molecule has 1 aromatic carbocycles. The molecule has 0 bridgehead atoms. The summed E-state index contributed by atoms with van der Waals surface area (Å²) in [6, 6.07) is 5.71. The van der Waals surface area contributed by atoms with Gasteiger partial charge in [-0.3, -0.25) is 0 Å². The quantitative estimate of drug-likeness (QED) is 0.914. The first-order valence-corrected chi connectivity index (χ1v) is 6.10. The maximum Gasteiger partial charge on any atom is 0.162 e. The lowest BCUT2D eigenvalue weighted by molar-refractivity contribution is 0.354. The first kappa shape index (κ1) is 13.4. The van der Waals surface area contributed by atoms with Gasteiger partial charge < -0.3 is 15.2 Å². The predicted molar refractivity (Wildman–Crippen MR) is 74.0 cm³/mol. The van der Waals surface area contributed by atoms with Crippen molar-refractivity contribution in [2.75, 3.05) is 14.2 Å². The summed E-state index contributed by atoms with van der Waals surface area (Å²) in [5.41, 5.74) is 9.76. The number of aromatic nitrogens is 2. The van der Waals surface area contributed by atoms with Gasteiger partial charge in [-0.1, -0.05) is 0 Å². The molecule has 0 aliphatic heterocycles. The lowest BCUT2D eigenvalue weighted by Gasteiger charge is -2.10. The summed E-state index contributed by atoms with van der Waals surface area (Å²) in [5.74, 6) is 1.38. The van der Waals surface area contributed by atoms with Crippen molar-refractivity contribution in [3.63, 3.8) is 0 Å². The second kappa shape index (κ2) is 5.32. The van der Waals surface area contributed by atoms with Crippen LogP contribution in [0.3, 0.4) is 0 Å². The Balaban J connectivity index is 2.53. The van der Waals surface area contributed by atoms with E-state index >= 15 is 0 Å². The standard InChI is InChI=1S/C14H19N3O2/c1-9-12(8-15)10(2)17(16-9)11-5-6-13(18-3)14(7-11)19-4/h5-7H,8,15H2,1-4H3. The van der Waals surface area contributed by atoms with E-state index in [1.807, 2.05) is 36.7 Å². The Bertz CT molecular complexity index is 591. The minimum atomic E-state index is 0.491. The van der Waals surface area contributed by atoms with Crippen molar-refractivity contribution in [2.45, 2.75) is 20.4 Å². The van der Waals surface area contributed by atoms with Gasteiger partial charge in [0.05, 0.1) is 25.6 Å². The number of methoxy groups -OCH3 is 2. The van der Waals surface area contributed by atoms with E-state index < -0.39 is 0 Å². The maximum atomic E-state index is 5.75. The van der Waals surface area contributed by atoms with Crippen LogP contribution in [0.1, 0.15) is 17.0 Å². The monoisotopic (exact) mass is 261 g/mol. The smallest absolute Gasteiger partial charge is 0.162 e. The van der Waals surface area contributed by atoms with E-state index in [1.165, 1.54) is 0 Å². The maximum absolute atomic E-state index is 5.75. The Morgan fingerprint density at radius 1 is 1.16 bits per heavy atom. The highest BCUT2D eigenvalue weighted by Gasteiger charge is 2.13. The molecule has 2 aromatic rings. The number of hydrogen-bond donors (Lipinski definition) is 1. The Kier molecular flexibility index (Phi) is 3.76. The van der Waals surface area contributed by atoms with Crippen molar-refractivity contribution < 1.29 is 9.47 Å². The third kappa shape index (κ3) is 2.29. The third-order valence-corrected chi connectivity index (χ3v) is 3.26. The van der Waals surface area contributed by atoms with E-state index in [1.54, 1.807) is 14.2 Å². The first-order chi connectivity index (χ1) is 9.12. The molecule has 0 amide bonds. The van der Waals surface area contributed by atoms with Crippen LogP contribution in [0.4, 0.5) is 0 Å². The van der Waals surface area contributed by atoms with Gasteiger partial charge in [0, 0.05) is 23.9 Å². The average molecular weight is 261 g/mol.